The third kappa shape index (κ3) is 3.01. The van der Waals surface area contributed by atoms with Crippen molar-refractivity contribution in [2.75, 3.05) is 5.32 Å². The fourth-order valence-electron chi connectivity index (χ4n) is 1.78. The van der Waals surface area contributed by atoms with E-state index in [9.17, 15) is 10.1 Å². The molecule has 0 unspecified atom stereocenters. The molecule has 3 rings (SSSR count). The van der Waals surface area contributed by atoms with E-state index in [1.54, 1.807) is 6.07 Å². The number of nitrogens with one attached hydrogen (secondary N) is 1. The zero-order valence-corrected chi connectivity index (χ0v) is 11.9. The summed E-state index contributed by atoms with van der Waals surface area (Å²) in [5, 5.41) is 13.3. The van der Waals surface area contributed by atoms with E-state index in [1.165, 1.54) is 24.3 Å². The molecule has 0 aliphatic carbocycles. The number of rotatable bonds is 3. The second-order valence-corrected chi connectivity index (χ2v) is 4.62. The van der Waals surface area contributed by atoms with Gasteiger partial charge < -0.3 is 9.15 Å². The van der Waals surface area contributed by atoms with Gasteiger partial charge in [-0.25, -0.2) is 0 Å². The number of oxazole rings is 1. The quantitative estimate of drug-likeness (QED) is 0.449. The second-order valence-electron chi connectivity index (χ2n) is 4.25. The number of nitrogens with zero attached hydrogens (tertiary/aromatic N) is 2. The first-order chi connectivity index (χ1) is 10.6. The number of aromatic nitrogens is 1. The molecule has 110 valence electrons. The molecule has 0 saturated carbocycles. The lowest BCUT2D eigenvalue weighted by Gasteiger charge is -2.05. The van der Waals surface area contributed by atoms with Crippen molar-refractivity contribution in [2.45, 2.75) is 0 Å². The van der Waals surface area contributed by atoms with Crippen molar-refractivity contribution in [1.82, 2.24) is 4.98 Å². The summed E-state index contributed by atoms with van der Waals surface area (Å²) < 4.78 is 10.8. The number of nitro groups is 1. The molecule has 22 heavy (non-hydrogen) atoms. The van der Waals surface area contributed by atoms with Crippen molar-refractivity contribution < 1.29 is 14.1 Å². The Kier molecular flexibility index (Phi) is 3.67. The van der Waals surface area contributed by atoms with E-state index in [2.05, 4.69) is 10.3 Å². The fraction of sp³-hybridized carbons (Fsp3) is 0. The van der Waals surface area contributed by atoms with Crippen LogP contribution >= 0.6 is 12.2 Å². The first kappa shape index (κ1) is 14.0. The Bertz CT molecular complexity index is 812. The number of fused-ring (bicyclic) bond motifs is 1. The number of non-ortho nitro benzene ring substituents is 1. The summed E-state index contributed by atoms with van der Waals surface area (Å²) >= 11 is 5.04. The molecule has 1 N–H and O–H groups in total. The van der Waals surface area contributed by atoms with Crippen LogP contribution in [0, 0.1) is 10.1 Å². The predicted molar refractivity (Wildman–Crippen MR) is 84.0 cm³/mol. The number of ether oxygens (including phenoxy) is 1. The van der Waals surface area contributed by atoms with E-state index >= 15 is 0 Å². The van der Waals surface area contributed by atoms with Gasteiger partial charge in [0, 0.05) is 12.1 Å². The lowest BCUT2D eigenvalue weighted by Crippen LogP contribution is -2.16. The van der Waals surface area contributed by atoms with Crippen LogP contribution in [-0.2, 0) is 0 Å². The van der Waals surface area contributed by atoms with Crippen LogP contribution in [0.4, 0.5) is 11.7 Å². The maximum absolute atomic E-state index is 10.6. The molecule has 0 spiro atoms. The topological polar surface area (TPSA) is 90.4 Å². The van der Waals surface area contributed by atoms with Crippen molar-refractivity contribution in [3.05, 3.63) is 58.6 Å². The molecule has 0 bridgehead atoms. The van der Waals surface area contributed by atoms with Gasteiger partial charge in [0.1, 0.15) is 11.3 Å². The Morgan fingerprint density at radius 1 is 1.23 bits per heavy atom. The Morgan fingerprint density at radius 3 is 2.64 bits per heavy atom. The van der Waals surface area contributed by atoms with Gasteiger partial charge in [-0.2, -0.15) is 4.98 Å². The number of hydrogen-bond acceptors (Lipinski definition) is 6. The molecule has 0 aliphatic rings. The lowest BCUT2D eigenvalue weighted by atomic mass is 10.3. The van der Waals surface area contributed by atoms with Gasteiger partial charge in [-0.15, -0.1) is 0 Å². The molecule has 1 aromatic heterocycles. The summed E-state index contributed by atoms with van der Waals surface area (Å²) in [4.78, 5) is 14.3. The molecule has 0 fully saturated rings. The maximum atomic E-state index is 10.6. The molecule has 0 amide bonds. The Hall–Kier alpha value is -3.00. The van der Waals surface area contributed by atoms with Gasteiger partial charge >= 0.3 is 6.01 Å². The number of benzene rings is 2. The molecular weight excluding hydrogens is 306 g/mol. The summed E-state index contributed by atoms with van der Waals surface area (Å²) in [6, 6.07) is 13.1. The highest BCUT2D eigenvalue weighted by molar-refractivity contribution is 7.80. The van der Waals surface area contributed by atoms with Crippen molar-refractivity contribution in [1.29, 1.82) is 0 Å². The summed E-state index contributed by atoms with van der Waals surface area (Å²) in [6.07, 6.45) is 0. The zero-order valence-electron chi connectivity index (χ0n) is 11.1. The highest BCUT2D eigenvalue weighted by atomic mass is 32.1. The number of para-hydroxylation sites is 2. The van der Waals surface area contributed by atoms with Crippen LogP contribution in [0.3, 0.4) is 0 Å². The lowest BCUT2D eigenvalue weighted by molar-refractivity contribution is -0.384. The van der Waals surface area contributed by atoms with E-state index in [4.69, 9.17) is 21.4 Å². The Morgan fingerprint density at radius 2 is 1.95 bits per heavy atom. The zero-order chi connectivity index (χ0) is 15.5. The van der Waals surface area contributed by atoms with Gasteiger partial charge in [-0.1, -0.05) is 12.1 Å². The molecule has 7 nitrogen and oxygen atoms in total. The van der Waals surface area contributed by atoms with Crippen LogP contribution in [0.15, 0.2) is 52.9 Å². The first-order valence-electron chi connectivity index (χ1n) is 6.21. The number of thiocarbonyl (C=S) groups is 1. The third-order valence-corrected chi connectivity index (χ3v) is 2.95. The van der Waals surface area contributed by atoms with Crippen molar-refractivity contribution >= 4 is 40.2 Å². The molecule has 8 heteroatoms. The minimum atomic E-state index is -0.487. The van der Waals surface area contributed by atoms with Gasteiger partial charge in [0.25, 0.3) is 10.9 Å². The van der Waals surface area contributed by atoms with Gasteiger partial charge in [0.05, 0.1) is 4.92 Å². The van der Waals surface area contributed by atoms with Crippen LogP contribution in [0.1, 0.15) is 0 Å². The van der Waals surface area contributed by atoms with Gasteiger partial charge in [-0.3, -0.25) is 15.4 Å². The van der Waals surface area contributed by atoms with Crippen molar-refractivity contribution in [3.63, 3.8) is 0 Å². The van der Waals surface area contributed by atoms with E-state index in [-0.39, 0.29) is 16.9 Å². The SMILES string of the molecule is O=[N+]([O-])c1ccc(OC(=S)Nc2nc3ccccc3o2)cc1. The Balaban J connectivity index is 1.68. The Labute approximate surface area is 129 Å². The first-order valence-corrected chi connectivity index (χ1v) is 6.61. The molecule has 3 aromatic rings. The smallest absolute Gasteiger partial charge is 0.303 e. The van der Waals surface area contributed by atoms with E-state index in [0.29, 0.717) is 16.8 Å². The number of hydrogen-bond donors (Lipinski definition) is 1. The molecule has 1 heterocycles. The van der Waals surface area contributed by atoms with Crippen molar-refractivity contribution in [3.8, 4) is 5.75 Å². The fourth-order valence-corrected chi connectivity index (χ4v) is 1.96. The van der Waals surface area contributed by atoms with Crippen molar-refractivity contribution in [2.24, 2.45) is 0 Å². The minimum Gasteiger partial charge on any atom is -0.432 e. The predicted octanol–water partition coefficient (Wildman–Crippen LogP) is 3.51. The molecule has 0 saturated heterocycles. The largest absolute Gasteiger partial charge is 0.432 e. The second kappa shape index (κ2) is 5.78. The van der Waals surface area contributed by atoms with Crippen LogP contribution in [0.2, 0.25) is 0 Å². The number of nitro benzene ring substituents is 1. The summed E-state index contributed by atoms with van der Waals surface area (Å²) in [5.74, 6) is 0.374. The molecule has 2 aromatic carbocycles. The average Bonchev–Trinajstić information content (AvgIpc) is 2.89. The third-order valence-electron chi connectivity index (χ3n) is 2.76. The normalized spacial score (nSPS) is 10.4. The minimum absolute atomic E-state index is 0.0230. The standard InChI is InChI=1S/C14H9N3O4S/c18-17(19)9-5-7-10(8-6-9)20-14(22)16-13-15-11-3-1-2-4-12(11)21-13/h1-8H,(H,15,16,22). The summed E-state index contributed by atoms with van der Waals surface area (Å²) in [6.45, 7) is 0. The van der Waals surface area contributed by atoms with Gasteiger partial charge in [0.15, 0.2) is 5.58 Å². The van der Waals surface area contributed by atoms with Crippen LogP contribution in [0.5, 0.6) is 5.75 Å². The molecule has 0 radical (unpaired) electrons. The average molecular weight is 315 g/mol. The molecule has 0 aliphatic heterocycles. The van der Waals surface area contributed by atoms with E-state index in [1.807, 2.05) is 18.2 Å². The highest BCUT2D eigenvalue weighted by Crippen LogP contribution is 2.20. The van der Waals surface area contributed by atoms with E-state index in [0.717, 1.165) is 0 Å². The molecular formula is C14H9N3O4S. The monoisotopic (exact) mass is 315 g/mol. The summed E-state index contributed by atoms with van der Waals surface area (Å²) in [7, 11) is 0. The summed E-state index contributed by atoms with van der Waals surface area (Å²) in [5.41, 5.74) is 1.30. The molecule has 0 atom stereocenters. The maximum Gasteiger partial charge on any atom is 0.303 e. The van der Waals surface area contributed by atoms with Crippen LogP contribution in [-0.4, -0.2) is 15.1 Å². The van der Waals surface area contributed by atoms with Gasteiger partial charge in [-0.05, 0) is 36.5 Å². The van der Waals surface area contributed by atoms with Crippen LogP contribution < -0.4 is 10.1 Å². The van der Waals surface area contributed by atoms with Crippen LogP contribution in [0.25, 0.3) is 11.1 Å². The van der Waals surface area contributed by atoms with Gasteiger partial charge in [0.2, 0.25) is 0 Å². The highest BCUT2D eigenvalue weighted by Gasteiger charge is 2.09. The number of anilines is 1. The van der Waals surface area contributed by atoms with E-state index < -0.39 is 4.92 Å².